The molecule has 2 aromatic carbocycles. The summed E-state index contributed by atoms with van der Waals surface area (Å²) in [5.41, 5.74) is 1.32. The lowest BCUT2D eigenvalue weighted by molar-refractivity contribution is 0.380. The van der Waals surface area contributed by atoms with Crippen molar-refractivity contribution < 1.29 is 20.1 Å². The first kappa shape index (κ1) is 11.7. The number of hydrogen-bond acceptors (Lipinski definition) is 4. The molecule has 0 spiro atoms. The van der Waals surface area contributed by atoms with Crippen molar-refractivity contribution in [2.75, 3.05) is 0 Å². The summed E-state index contributed by atoms with van der Waals surface area (Å²) in [6.07, 6.45) is 0. The molecule has 0 atom stereocenters. The van der Waals surface area contributed by atoms with E-state index in [-0.39, 0.29) is 22.7 Å². The summed E-state index contributed by atoms with van der Waals surface area (Å²) in [6, 6.07) is 7.86. The smallest absolute Gasteiger partial charge is 0.161 e. The second-order valence-corrected chi connectivity index (χ2v) is 5.24. The van der Waals surface area contributed by atoms with E-state index in [0.29, 0.717) is 11.5 Å². The Morgan fingerprint density at radius 2 is 1.47 bits per heavy atom. The first-order valence-corrected chi connectivity index (χ1v) is 5.97. The number of ether oxygens (including phenoxy) is 1. The quantitative estimate of drug-likeness (QED) is 0.634. The van der Waals surface area contributed by atoms with E-state index in [9.17, 15) is 15.3 Å². The number of fused-ring (bicyclic) bond motifs is 2. The van der Waals surface area contributed by atoms with E-state index in [1.165, 1.54) is 12.1 Å². The van der Waals surface area contributed by atoms with Crippen molar-refractivity contribution in [1.82, 2.24) is 0 Å². The standard InChI is InChI=1S/C15H14O4/c1-15(2)9-4-3-8(16)5-13(9)19-14-7-12(18)11(17)6-10(14)15/h3-7,16-18H,1-2H3. The fourth-order valence-corrected chi connectivity index (χ4v) is 2.51. The molecule has 0 saturated heterocycles. The summed E-state index contributed by atoms with van der Waals surface area (Å²) in [4.78, 5) is 0. The maximum atomic E-state index is 9.65. The molecule has 0 fully saturated rings. The molecule has 4 nitrogen and oxygen atoms in total. The maximum absolute atomic E-state index is 9.65. The number of hydrogen-bond donors (Lipinski definition) is 3. The van der Waals surface area contributed by atoms with Gasteiger partial charge in [0.05, 0.1) is 0 Å². The minimum absolute atomic E-state index is 0.126. The Bertz CT molecular complexity index is 674. The van der Waals surface area contributed by atoms with Crippen molar-refractivity contribution >= 4 is 0 Å². The Hall–Kier alpha value is -2.36. The maximum Gasteiger partial charge on any atom is 0.161 e. The third-order valence-electron chi connectivity index (χ3n) is 3.61. The van der Waals surface area contributed by atoms with Crippen LogP contribution in [-0.2, 0) is 5.41 Å². The van der Waals surface area contributed by atoms with Crippen LogP contribution in [0.5, 0.6) is 28.7 Å². The highest BCUT2D eigenvalue weighted by atomic mass is 16.5. The van der Waals surface area contributed by atoms with Crippen LogP contribution >= 0.6 is 0 Å². The predicted octanol–water partition coefficient (Wildman–Crippen LogP) is 3.24. The largest absolute Gasteiger partial charge is 0.508 e. The zero-order valence-corrected chi connectivity index (χ0v) is 10.6. The third-order valence-corrected chi connectivity index (χ3v) is 3.61. The van der Waals surface area contributed by atoms with Gasteiger partial charge in [-0.2, -0.15) is 0 Å². The van der Waals surface area contributed by atoms with Gasteiger partial charge in [-0.15, -0.1) is 0 Å². The number of phenolic OH excluding ortho intramolecular Hbond substituents is 3. The van der Waals surface area contributed by atoms with E-state index in [1.807, 2.05) is 13.8 Å². The van der Waals surface area contributed by atoms with Crippen LogP contribution in [0.2, 0.25) is 0 Å². The van der Waals surface area contributed by atoms with Gasteiger partial charge >= 0.3 is 0 Å². The first-order valence-electron chi connectivity index (χ1n) is 5.97. The van der Waals surface area contributed by atoms with Gasteiger partial charge in [0.25, 0.3) is 0 Å². The molecule has 0 radical (unpaired) electrons. The van der Waals surface area contributed by atoms with Crippen molar-refractivity contribution in [2.45, 2.75) is 19.3 Å². The second kappa shape index (κ2) is 3.57. The molecule has 1 aliphatic rings. The highest BCUT2D eigenvalue weighted by Gasteiger charge is 2.35. The van der Waals surface area contributed by atoms with E-state index in [4.69, 9.17) is 4.74 Å². The highest BCUT2D eigenvalue weighted by molar-refractivity contribution is 5.61. The molecule has 1 aliphatic heterocycles. The van der Waals surface area contributed by atoms with E-state index in [1.54, 1.807) is 18.2 Å². The predicted molar refractivity (Wildman–Crippen MR) is 70.1 cm³/mol. The van der Waals surface area contributed by atoms with Crippen LogP contribution in [-0.4, -0.2) is 15.3 Å². The number of benzene rings is 2. The molecule has 0 amide bonds. The minimum Gasteiger partial charge on any atom is -0.508 e. The number of aromatic hydroxyl groups is 3. The van der Waals surface area contributed by atoms with Crippen LogP contribution in [0.3, 0.4) is 0 Å². The fraction of sp³-hybridized carbons (Fsp3) is 0.200. The van der Waals surface area contributed by atoms with Crippen LogP contribution in [0.4, 0.5) is 0 Å². The molecule has 19 heavy (non-hydrogen) atoms. The average molecular weight is 258 g/mol. The van der Waals surface area contributed by atoms with Gasteiger partial charge in [-0.3, -0.25) is 0 Å². The Kier molecular flexibility index (Phi) is 2.20. The van der Waals surface area contributed by atoms with Crippen LogP contribution in [0.25, 0.3) is 0 Å². The van der Waals surface area contributed by atoms with Crippen LogP contribution < -0.4 is 4.74 Å². The summed E-state index contributed by atoms with van der Waals surface area (Å²) >= 11 is 0. The molecule has 0 aromatic heterocycles. The van der Waals surface area contributed by atoms with Crippen LogP contribution in [0.1, 0.15) is 25.0 Å². The highest BCUT2D eigenvalue weighted by Crippen LogP contribution is 2.51. The van der Waals surface area contributed by atoms with E-state index < -0.39 is 0 Å². The lowest BCUT2D eigenvalue weighted by atomic mass is 9.75. The van der Waals surface area contributed by atoms with E-state index >= 15 is 0 Å². The van der Waals surface area contributed by atoms with Crippen molar-refractivity contribution in [2.24, 2.45) is 0 Å². The van der Waals surface area contributed by atoms with Gasteiger partial charge in [0.2, 0.25) is 0 Å². The molecule has 1 heterocycles. The lowest BCUT2D eigenvalue weighted by Gasteiger charge is -2.34. The topological polar surface area (TPSA) is 69.9 Å². The Morgan fingerprint density at radius 1 is 0.842 bits per heavy atom. The van der Waals surface area contributed by atoms with Gasteiger partial charge in [-0.1, -0.05) is 19.9 Å². The van der Waals surface area contributed by atoms with E-state index in [0.717, 1.165) is 11.1 Å². The summed E-state index contributed by atoms with van der Waals surface area (Å²) < 4.78 is 5.70. The second-order valence-electron chi connectivity index (χ2n) is 5.24. The fourth-order valence-electron chi connectivity index (χ4n) is 2.51. The van der Waals surface area contributed by atoms with Gasteiger partial charge in [0.15, 0.2) is 11.5 Å². The molecule has 3 rings (SSSR count). The van der Waals surface area contributed by atoms with Crippen LogP contribution in [0, 0.1) is 0 Å². The molecule has 2 aromatic rings. The molecule has 0 aliphatic carbocycles. The minimum atomic E-state index is -0.387. The first-order chi connectivity index (χ1) is 8.89. The van der Waals surface area contributed by atoms with Crippen molar-refractivity contribution in [3.63, 3.8) is 0 Å². The van der Waals surface area contributed by atoms with Crippen LogP contribution in [0.15, 0.2) is 30.3 Å². The molecule has 0 saturated carbocycles. The summed E-state index contributed by atoms with van der Waals surface area (Å²) in [7, 11) is 0. The number of phenols is 3. The molecule has 4 heteroatoms. The Morgan fingerprint density at radius 3 is 2.21 bits per heavy atom. The average Bonchev–Trinajstić information content (AvgIpc) is 2.32. The number of rotatable bonds is 0. The molecule has 3 N–H and O–H groups in total. The van der Waals surface area contributed by atoms with Crippen molar-refractivity contribution in [3.05, 3.63) is 41.5 Å². The normalized spacial score (nSPS) is 15.3. The zero-order valence-electron chi connectivity index (χ0n) is 10.6. The Balaban J connectivity index is 2.27. The van der Waals surface area contributed by atoms with Gasteiger partial charge in [-0.05, 0) is 12.1 Å². The molecule has 0 unspecified atom stereocenters. The van der Waals surface area contributed by atoms with Gasteiger partial charge < -0.3 is 20.1 Å². The molecule has 98 valence electrons. The van der Waals surface area contributed by atoms with Gasteiger partial charge in [-0.25, -0.2) is 0 Å². The van der Waals surface area contributed by atoms with Crippen molar-refractivity contribution in [1.29, 1.82) is 0 Å². The monoisotopic (exact) mass is 258 g/mol. The van der Waals surface area contributed by atoms with Gasteiger partial charge in [0.1, 0.15) is 17.2 Å². The van der Waals surface area contributed by atoms with Crippen molar-refractivity contribution in [3.8, 4) is 28.7 Å². The molecular formula is C15H14O4. The molecule has 0 bridgehead atoms. The SMILES string of the molecule is CC1(C)c2ccc(O)cc2Oc2cc(O)c(O)cc21. The lowest BCUT2D eigenvalue weighted by Crippen LogP contribution is -2.24. The Labute approximate surface area is 110 Å². The molecular weight excluding hydrogens is 244 g/mol. The summed E-state index contributed by atoms with van der Waals surface area (Å²) in [5.74, 6) is 0.776. The summed E-state index contributed by atoms with van der Waals surface area (Å²) in [5, 5.41) is 28.8. The third kappa shape index (κ3) is 1.60. The van der Waals surface area contributed by atoms with E-state index in [2.05, 4.69) is 0 Å². The summed E-state index contributed by atoms with van der Waals surface area (Å²) in [6.45, 7) is 4.00. The zero-order chi connectivity index (χ0) is 13.8. The van der Waals surface area contributed by atoms with Gasteiger partial charge in [0, 0.05) is 28.7 Å².